The molecule has 2 N–H and O–H groups in total. The SMILES string of the molecule is C[C@H]1CCCC[C@H]1NC(=O)NC(=O)COC(=O)c1ccc(C2SCCS2)cc1. The minimum absolute atomic E-state index is 0.0822. The van der Waals surface area contributed by atoms with Gasteiger partial charge in [0.1, 0.15) is 0 Å². The van der Waals surface area contributed by atoms with Crippen LogP contribution in [0.25, 0.3) is 0 Å². The summed E-state index contributed by atoms with van der Waals surface area (Å²) in [6.07, 6.45) is 4.26. The second kappa shape index (κ2) is 10.2. The molecule has 2 atom stereocenters. The molecular weight excluding hydrogens is 396 g/mol. The molecule has 3 rings (SSSR count). The van der Waals surface area contributed by atoms with Crippen molar-refractivity contribution in [1.82, 2.24) is 10.6 Å². The number of benzene rings is 1. The van der Waals surface area contributed by atoms with E-state index in [9.17, 15) is 14.4 Å². The smallest absolute Gasteiger partial charge is 0.338 e. The van der Waals surface area contributed by atoms with E-state index in [1.54, 1.807) is 12.1 Å². The first kappa shape index (κ1) is 21.0. The molecule has 152 valence electrons. The third kappa shape index (κ3) is 5.91. The molecule has 1 aromatic rings. The first-order chi connectivity index (χ1) is 13.5. The molecule has 0 unspecified atom stereocenters. The lowest BCUT2D eigenvalue weighted by Crippen LogP contribution is -2.48. The Hall–Kier alpha value is -1.67. The Morgan fingerprint density at radius 2 is 1.75 bits per heavy atom. The topological polar surface area (TPSA) is 84.5 Å². The maximum atomic E-state index is 12.1. The quantitative estimate of drug-likeness (QED) is 0.704. The van der Waals surface area contributed by atoms with Gasteiger partial charge in [-0.1, -0.05) is 31.9 Å². The number of imide groups is 1. The minimum Gasteiger partial charge on any atom is -0.452 e. The number of nitrogens with one attached hydrogen (secondary N) is 2. The summed E-state index contributed by atoms with van der Waals surface area (Å²) in [7, 11) is 0. The zero-order valence-electron chi connectivity index (χ0n) is 15.9. The number of urea groups is 1. The highest BCUT2D eigenvalue weighted by Crippen LogP contribution is 2.45. The zero-order valence-corrected chi connectivity index (χ0v) is 17.6. The number of carbonyl (C=O) groups excluding carboxylic acids is 3. The van der Waals surface area contributed by atoms with Crippen LogP contribution in [-0.4, -0.2) is 42.1 Å². The number of amides is 3. The Morgan fingerprint density at radius 1 is 1.07 bits per heavy atom. The molecule has 0 radical (unpaired) electrons. The Bertz CT molecular complexity index is 705. The summed E-state index contributed by atoms with van der Waals surface area (Å²) in [5.74, 6) is 1.47. The van der Waals surface area contributed by atoms with E-state index in [4.69, 9.17) is 4.74 Å². The van der Waals surface area contributed by atoms with Crippen molar-refractivity contribution in [2.45, 2.75) is 43.2 Å². The molecule has 2 aliphatic rings. The van der Waals surface area contributed by atoms with Crippen LogP contribution in [0.4, 0.5) is 4.79 Å². The maximum Gasteiger partial charge on any atom is 0.338 e. The molecule has 1 aliphatic carbocycles. The van der Waals surface area contributed by atoms with Crippen molar-refractivity contribution in [3.05, 3.63) is 35.4 Å². The predicted molar refractivity (Wildman–Crippen MR) is 112 cm³/mol. The van der Waals surface area contributed by atoms with Crippen LogP contribution in [0.5, 0.6) is 0 Å². The molecule has 0 spiro atoms. The third-order valence-corrected chi connectivity index (χ3v) is 8.16. The molecule has 6 nitrogen and oxygen atoms in total. The molecule has 3 amide bonds. The van der Waals surface area contributed by atoms with Crippen LogP contribution in [0.3, 0.4) is 0 Å². The fourth-order valence-corrected chi connectivity index (χ4v) is 6.30. The van der Waals surface area contributed by atoms with Gasteiger partial charge < -0.3 is 10.1 Å². The number of carbonyl (C=O) groups is 3. The van der Waals surface area contributed by atoms with Crippen LogP contribution in [0.2, 0.25) is 0 Å². The fraction of sp³-hybridized carbons (Fsp3) is 0.550. The van der Waals surface area contributed by atoms with Gasteiger partial charge in [0.2, 0.25) is 0 Å². The number of rotatable bonds is 5. The molecule has 1 aliphatic heterocycles. The number of esters is 1. The summed E-state index contributed by atoms with van der Waals surface area (Å²) in [6, 6.07) is 6.82. The van der Waals surface area contributed by atoms with Crippen molar-refractivity contribution in [3.8, 4) is 0 Å². The highest BCUT2D eigenvalue weighted by molar-refractivity contribution is 8.19. The monoisotopic (exact) mass is 422 g/mol. The molecule has 2 fully saturated rings. The number of ether oxygens (including phenoxy) is 1. The lowest BCUT2D eigenvalue weighted by atomic mass is 9.86. The number of thioether (sulfide) groups is 2. The Labute approximate surface area is 173 Å². The number of hydrogen-bond acceptors (Lipinski definition) is 6. The van der Waals surface area contributed by atoms with Gasteiger partial charge >= 0.3 is 12.0 Å². The molecule has 28 heavy (non-hydrogen) atoms. The highest BCUT2D eigenvalue weighted by atomic mass is 32.2. The van der Waals surface area contributed by atoms with Crippen molar-refractivity contribution < 1.29 is 19.1 Å². The van der Waals surface area contributed by atoms with Crippen molar-refractivity contribution in [1.29, 1.82) is 0 Å². The normalized spacial score (nSPS) is 22.5. The van der Waals surface area contributed by atoms with Gasteiger partial charge in [-0.2, -0.15) is 0 Å². The van der Waals surface area contributed by atoms with E-state index >= 15 is 0 Å². The summed E-state index contributed by atoms with van der Waals surface area (Å²) in [5, 5.41) is 5.07. The maximum absolute atomic E-state index is 12.1. The Morgan fingerprint density at radius 3 is 2.43 bits per heavy atom. The largest absolute Gasteiger partial charge is 0.452 e. The molecule has 1 aromatic carbocycles. The average Bonchev–Trinajstić information content (AvgIpc) is 3.23. The standard InChI is InChI=1S/C20H26N2O4S2/c1-13-4-2-3-5-16(13)21-20(25)22-17(23)12-26-18(24)14-6-8-15(9-7-14)19-27-10-11-28-19/h6-9,13,16,19H,2-5,10-12H2,1H3,(H2,21,22,23,25)/t13-,16+/m0/s1. The minimum atomic E-state index is -0.635. The van der Waals surface area contributed by atoms with Crippen LogP contribution in [-0.2, 0) is 9.53 Å². The number of hydrogen-bond donors (Lipinski definition) is 2. The molecule has 8 heteroatoms. The van der Waals surface area contributed by atoms with Crippen molar-refractivity contribution in [2.24, 2.45) is 5.92 Å². The molecular formula is C20H26N2O4S2. The lowest BCUT2D eigenvalue weighted by molar-refractivity contribution is -0.123. The molecule has 0 bridgehead atoms. The van der Waals surface area contributed by atoms with Crippen LogP contribution in [0.1, 0.15) is 53.1 Å². The third-order valence-electron chi connectivity index (χ3n) is 5.06. The van der Waals surface area contributed by atoms with Gasteiger partial charge in [-0.15, -0.1) is 23.5 Å². The Balaban J connectivity index is 1.41. The van der Waals surface area contributed by atoms with Crippen LogP contribution in [0.15, 0.2) is 24.3 Å². The van der Waals surface area contributed by atoms with E-state index in [1.165, 1.54) is 12.0 Å². The van der Waals surface area contributed by atoms with Crippen LogP contribution in [0, 0.1) is 5.92 Å². The second-order valence-corrected chi connectivity index (χ2v) is 9.89. The van der Waals surface area contributed by atoms with E-state index < -0.39 is 24.5 Å². The van der Waals surface area contributed by atoms with Crippen molar-refractivity contribution >= 4 is 41.4 Å². The van der Waals surface area contributed by atoms with Crippen LogP contribution >= 0.6 is 23.5 Å². The average molecular weight is 423 g/mol. The highest BCUT2D eigenvalue weighted by Gasteiger charge is 2.23. The fourth-order valence-electron chi connectivity index (χ4n) is 3.44. The van der Waals surface area contributed by atoms with E-state index in [1.807, 2.05) is 35.7 Å². The first-order valence-corrected chi connectivity index (χ1v) is 11.7. The molecule has 1 saturated heterocycles. The Kier molecular flexibility index (Phi) is 7.67. The van der Waals surface area contributed by atoms with E-state index in [0.717, 1.165) is 30.8 Å². The summed E-state index contributed by atoms with van der Waals surface area (Å²) in [5.41, 5.74) is 1.57. The second-order valence-electron chi connectivity index (χ2n) is 7.16. The lowest BCUT2D eigenvalue weighted by Gasteiger charge is -2.29. The van der Waals surface area contributed by atoms with Gasteiger partial charge in [-0.3, -0.25) is 10.1 Å². The summed E-state index contributed by atoms with van der Waals surface area (Å²) in [6.45, 7) is 1.62. The van der Waals surface area contributed by atoms with Gasteiger partial charge in [-0.05, 0) is 36.5 Å². The summed E-state index contributed by atoms with van der Waals surface area (Å²) in [4.78, 5) is 36.0. The van der Waals surface area contributed by atoms with E-state index in [0.29, 0.717) is 16.1 Å². The van der Waals surface area contributed by atoms with Gasteiger partial charge in [-0.25, -0.2) is 9.59 Å². The van der Waals surface area contributed by atoms with E-state index in [2.05, 4.69) is 17.6 Å². The molecule has 0 aromatic heterocycles. The summed E-state index contributed by atoms with van der Waals surface area (Å²) < 4.78 is 5.44. The predicted octanol–water partition coefficient (Wildman–Crippen LogP) is 3.73. The van der Waals surface area contributed by atoms with Gasteiger partial charge in [0, 0.05) is 17.5 Å². The summed E-state index contributed by atoms with van der Waals surface area (Å²) >= 11 is 3.80. The van der Waals surface area contributed by atoms with Crippen molar-refractivity contribution in [2.75, 3.05) is 18.1 Å². The van der Waals surface area contributed by atoms with Crippen molar-refractivity contribution in [3.63, 3.8) is 0 Å². The molecule has 1 heterocycles. The zero-order chi connectivity index (χ0) is 19.9. The van der Waals surface area contributed by atoms with Gasteiger partial charge in [0.05, 0.1) is 10.1 Å². The molecule has 1 saturated carbocycles. The van der Waals surface area contributed by atoms with Gasteiger partial charge in [0.25, 0.3) is 5.91 Å². The van der Waals surface area contributed by atoms with Gasteiger partial charge in [0.15, 0.2) is 6.61 Å². The van der Waals surface area contributed by atoms with Crippen LogP contribution < -0.4 is 10.6 Å². The van der Waals surface area contributed by atoms with E-state index in [-0.39, 0.29) is 6.04 Å². The first-order valence-electron chi connectivity index (χ1n) is 9.63.